The van der Waals surface area contributed by atoms with Gasteiger partial charge in [0.15, 0.2) is 0 Å². The van der Waals surface area contributed by atoms with E-state index < -0.39 is 30.7 Å². The first kappa shape index (κ1) is 14.4. The molecule has 0 N–H and O–H groups in total. The van der Waals surface area contributed by atoms with E-state index in [9.17, 15) is 18.4 Å². The average Bonchev–Trinajstić information content (AvgIpc) is 2.30. The van der Waals surface area contributed by atoms with Crippen LogP contribution in [0.4, 0.5) is 8.78 Å². The molecule has 0 aliphatic heterocycles. The Morgan fingerprint density at radius 1 is 1.39 bits per heavy atom. The van der Waals surface area contributed by atoms with Gasteiger partial charge in [0, 0.05) is 6.92 Å². The first-order valence-electron chi connectivity index (χ1n) is 4.84. The molecule has 0 saturated heterocycles. The molecule has 1 rings (SSSR count). The van der Waals surface area contributed by atoms with Crippen LogP contribution in [-0.2, 0) is 14.3 Å². The lowest BCUT2D eigenvalue weighted by molar-refractivity contribution is -0.144. The van der Waals surface area contributed by atoms with E-state index in [1.54, 1.807) is 0 Å². The van der Waals surface area contributed by atoms with Gasteiger partial charge in [-0.3, -0.25) is 14.6 Å². The van der Waals surface area contributed by atoms with E-state index in [1.807, 2.05) is 0 Å². The molecule has 0 spiro atoms. The van der Waals surface area contributed by atoms with Crippen LogP contribution in [0.1, 0.15) is 18.5 Å². The number of aromatic nitrogens is 2. The van der Waals surface area contributed by atoms with Crippen LogP contribution in [0.5, 0.6) is 0 Å². The molecule has 0 bridgehead atoms. The predicted octanol–water partition coefficient (Wildman–Crippen LogP) is 1.61. The van der Waals surface area contributed by atoms with Crippen LogP contribution in [0, 0.1) is 0 Å². The summed E-state index contributed by atoms with van der Waals surface area (Å²) in [4.78, 5) is 29.3. The molecule has 0 aliphatic carbocycles. The minimum absolute atomic E-state index is 0.0223. The van der Waals surface area contributed by atoms with Crippen LogP contribution >= 0.6 is 11.6 Å². The van der Waals surface area contributed by atoms with Crippen molar-refractivity contribution >= 4 is 23.4 Å². The largest absolute Gasteiger partial charge is 0.465 e. The molecule has 0 fully saturated rings. The van der Waals surface area contributed by atoms with Gasteiger partial charge in [0.05, 0.1) is 18.1 Å². The number of alkyl halides is 2. The highest BCUT2D eigenvalue weighted by Gasteiger charge is 2.30. The minimum Gasteiger partial charge on any atom is -0.465 e. The van der Waals surface area contributed by atoms with E-state index in [0.717, 1.165) is 19.3 Å². The predicted molar refractivity (Wildman–Crippen MR) is 57.4 cm³/mol. The Morgan fingerprint density at radius 2 is 2.06 bits per heavy atom. The molecule has 0 saturated carbocycles. The molecule has 0 aromatic carbocycles. The molecule has 0 amide bonds. The van der Waals surface area contributed by atoms with Gasteiger partial charge in [0.25, 0.3) is 6.43 Å². The van der Waals surface area contributed by atoms with Gasteiger partial charge < -0.3 is 4.74 Å². The first-order valence-corrected chi connectivity index (χ1v) is 5.22. The zero-order chi connectivity index (χ0) is 13.7. The van der Waals surface area contributed by atoms with E-state index >= 15 is 0 Å². The second-order valence-electron chi connectivity index (χ2n) is 3.32. The Balaban J connectivity index is 2.92. The molecule has 1 atom stereocenters. The van der Waals surface area contributed by atoms with E-state index in [1.165, 1.54) is 0 Å². The monoisotopic (exact) mass is 278 g/mol. The number of rotatable bonds is 5. The fraction of sp³-hybridized carbons (Fsp3) is 0.400. The number of Topliss-reactive ketones (excluding diaryl/α,β-unsaturated/α-hetero) is 1. The van der Waals surface area contributed by atoms with Gasteiger partial charge >= 0.3 is 5.97 Å². The third kappa shape index (κ3) is 3.99. The highest BCUT2D eigenvalue weighted by molar-refractivity contribution is 6.29. The number of esters is 1. The van der Waals surface area contributed by atoms with Gasteiger partial charge in [-0.05, 0) is 0 Å². The quantitative estimate of drug-likeness (QED) is 0.765. The van der Waals surface area contributed by atoms with Crippen LogP contribution < -0.4 is 0 Å². The molecule has 0 radical (unpaired) electrons. The van der Waals surface area contributed by atoms with Crippen molar-refractivity contribution in [2.75, 3.05) is 6.61 Å². The Morgan fingerprint density at radius 3 is 2.50 bits per heavy atom. The van der Waals surface area contributed by atoms with E-state index in [-0.39, 0.29) is 10.8 Å². The van der Waals surface area contributed by atoms with Crippen molar-refractivity contribution in [3.8, 4) is 0 Å². The van der Waals surface area contributed by atoms with Gasteiger partial charge in [-0.2, -0.15) is 0 Å². The van der Waals surface area contributed by atoms with E-state index in [0.29, 0.717) is 0 Å². The number of carbonyl (C=O) groups is 2. The fourth-order valence-electron chi connectivity index (χ4n) is 1.17. The van der Waals surface area contributed by atoms with Crippen molar-refractivity contribution < 1.29 is 23.1 Å². The highest BCUT2D eigenvalue weighted by atomic mass is 35.5. The second kappa shape index (κ2) is 6.34. The Labute approximate surface area is 106 Å². The lowest BCUT2D eigenvalue weighted by Gasteiger charge is -2.14. The van der Waals surface area contributed by atoms with Crippen LogP contribution in [0.15, 0.2) is 12.4 Å². The topological polar surface area (TPSA) is 69.2 Å². The summed E-state index contributed by atoms with van der Waals surface area (Å²) >= 11 is 5.49. The molecular weight excluding hydrogens is 270 g/mol. The molecular formula is C10H9ClF2N2O3. The number of ether oxygens (including phenoxy) is 1. The normalized spacial score (nSPS) is 12.3. The lowest BCUT2D eigenvalue weighted by atomic mass is 10.0. The summed E-state index contributed by atoms with van der Waals surface area (Å²) in [6.07, 6.45) is -0.962. The maximum absolute atomic E-state index is 12.4. The standard InChI is InChI=1S/C10H9ClF2N2O3/c1-5(16)18-4-6(9(17)10(12)13)7-2-15-8(11)3-14-7/h2-3,6,10H,4H2,1H3. The first-order chi connectivity index (χ1) is 8.41. The molecule has 18 heavy (non-hydrogen) atoms. The van der Waals surface area contributed by atoms with Crippen LogP contribution in [0.3, 0.4) is 0 Å². The maximum atomic E-state index is 12.4. The summed E-state index contributed by atoms with van der Waals surface area (Å²) in [7, 11) is 0. The molecule has 1 aromatic heterocycles. The SMILES string of the molecule is CC(=O)OCC(C(=O)C(F)F)c1cnc(Cl)cn1. The van der Waals surface area contributed by atoms with Gasteiger partial charge in [-0.25, -0.2) is 13.8 Å². The van der Waals surface area contributed by atoms with Crippen molar-refractivity contribution in [1.82, 2.24) is 9.97 Å². The summed E-state index contributed by atoms with van der Waals surface area (Å²) in [5.41, 5.74) is -0.0223. The van der Waals surface area contributed by atoms with E-state index in [2.05, 4.69) is 14.7 Å². The second-order valence-corrected chi connectivity index (χ2v) is 3.71. The summed E-state index contributed by atoms with van der Waals surface area (Å²) < 4.78 is 29.4. The van der Waals surface area contributed by atoms with Gasteiger partial charge in [-0.1, -0.05) is 11.6 Å². The third-order valence-corrected chi connectivity index (χ3v) is 2.20. The third-order valence-electron chi connectivity index (χ3n) is 2.01. The number of halogens is 3. The zero-order valence-corrected chi connectivity index (χ0v) is 10.0. The fourth-order valence-corrected chi connectivity index (χ4v) is 1.27. The van der Waals surface area contributed by atoms with E-state index in [4.69, 9.17) is 11.6 Å². The molecule has 1 unspecified atom stereocenters. The van der Waals surface area contributed by atoms with Crippen LogP contribution in [0.2, 0.25) is 5.15 Å². The highest BCUT2D eigenvalue weighted by Crippen LogP contribution is 2.19. The maximum Gasteiger partial charge on any atom is 0.302 e. The molecule has 5 nitrogen and oxygen atoms in total. The summed E-state index contributed by atoms with van der Waals surface area (Å²) in [5.74, 6) is -3.41. The Bertz CT molecular complexity index is 439. The van der Waals surface area contributed by atoms with Crippen molar-refractivity contribution in [3.05, 3.63) is 23.2 Å². The molecule has 98 valence electrons. The summed E-state index contributed by atoms with van der Waals surface area (Å²) in [5, 5.41) is 0.0643. The van der Waals surface area contributed by atoms with Crippen LogP contribution in [0.25, 0.3) is 0 Å². The minimum atomic E-state index is -3.18. The Hall–Kier alpha value is -1.63. The summed E-state index contributed by atoms with van der Waals surface area (Å²) in [6, 6.07) is 0. The van der Waals surface area contributed by atoms with Crippen molar-refractivity contribution in [2.45, 2.75) is 19.3 Å². The smallest absolute Gasteiger partial charge is 0.302 e. The number of carbonyl (C=O) groups excluding carboxylic acids is 2. The average molecular weight is 279 g/mol. The Kier molecular flexibility index (Phi) is 5.08. The van der Waals surface area contributed by atoms with Gasteiger partial charge in [0.1, 0.15) is 17.7 Å². The van der Waals surface area contributed by atoms with Crippen LogP contribution in [-0.4, -0.2) is 34.8 Å². The van der Waals surface area contributed by atoms with Gasteiger partial charge in [0.2, 0.25) is 5.78 Å². The number of ketones is 1. The van der Waals surface area contributed by atoms with Crippen molar-refractivity contribution in [2.24, 2.45) is 0 Å². The van der Waals surface area contributed by atoms with Gasteiger partial charge in [-0.15, -0.1) is 0 Å². The van der Waals surface area contributed by atoms with Crippen molar-refractivity contribution in [3.63, 3.8) is 0 Å². The van der Waals surface area contributed by atoms with Crippen molar-refractivity contribution in [1.29, 1.82) is 0 Å². The molecule has 1 aromatic rings. The number of hydrogen-bond acceptors (Lipinski definition) is 5. The zero-order valence-electron chi connectivity index (χ0n) is 9.27. The number of nitrogens with zero attached hydrogens (tertiary/aromatic N) is 2. The summed E-state index contributed by atoms with van der Waals surface area (Å²) in [6.45, 7) is 0.603. The number of hydrogen-bond donors (Lipinski definition) is 0. The molecule has 0 aliphatic rings. The molecule has 8 heteroatoms. The lowest BCUT2D eigenvalue weighted by Crippen LogP contribution is -2.26. The molecule has 1 heterocycles.